The minimum atomic E-state index is 0.420. The molecule has 0 N–H and O–H groups in total. The molecule has 0 radical (unpaired) electrons. The summed E-state index contributed by atoms with van der Waals surface area (Å²) in [5, 5.41) is 0. The Kier molecular flexibility index (Phi) is 5.40. The van der Waals surface area contributed by atoms with Crippen LogP contribution < -0.4 is 0 Å². The Labute approximate surface area is 170 Å². The van der Waals surface area contributed by atoms with Gasteiger partial charge in [-0.05, 0) is 90.5 Å². The summed E-state index contributed by atoms with van der Waals surface area (Å²) in [5.74, 6) is 0.880. The summed E-state index contributed by atoms with van der Waals surface area (Å²) in [6, 6.07) is 0. The van der Waals surface area contributed by atoms with Gasteiger partial charge in [-0.2, -0.15) is 0 Å². The van der Waals surface area contributed by atoms with Crippen LogP contribution in [0.25, 0.3) is 0 Å². The molecule has 0 nitrogen and oxygen atoms in total. The molecule has 0 aliphatic heterocycles. The summed E-state index contributed by atoms with van der Waals surface area (Å²) in [6.45, 7) is 10.7. The van der Waals surface area contributed by atoms with Crippen LogP contribution in [0.15, 0.2) is 106 Å². The topological polar surface area (TPSA) is 0 Å². The van der Waals surface area contributed by atoms with Crippen molar-refractivity contribution < 1.29 is 0 Å². The highest BCUT2D eigenvalue weighted by molar-refractivity contribution is 5.62. The van der Waals surface area contributed by atoms with Gasteiger partial charge >= 0.3 is 0 Å². The van der Waals surface area contributed by atoms with Crippen molar-refractivity contribution in [2.45, 2.75) is 52.9 Å². The van der Waals surface area contributed by atoms with Gasteiger partial charge in [-0.15, -0.1) is 0 Å². The van der Waals surface area contributed by atoms with Crippen molar-refractivity contribution in [3.63, 3.8) is 0 Å². The third kappa shape index (κ3) is 3.09. The molecular formula is C28H32. The molecule has 2 unspecified atom stereocenters. The molecule has 4 aliphatic rings. The SMILES string of the molecule is C=CC=C(C)C1=CC2=C(C3=C(C=CCC3)CC2)C2C=CC=C(C(=CC)CC)C12. The monoisotopic (exact) mass is 368 g/mol. The van der Waals surface area contributed by atoms with Gasteiger partial charge in [0.25, 0.3) is 0 Å². The third-order valence-electron chi connectivity index (χ3n) is 6.81. The number of rotatable bonds is 4. The Morgan fingerprint density at radius 1 is 1.18 bits per heavy atom. The molecule has 28 heavy (non-hydrogen) atoms. The minimum absolute atomic E-state index is 0.420. The van der Waals surface area contributed by atoms with E-state index in [-0.39, 0.29) is 0 Å². The normalized spacial score (nSPS) is 27.1. The predicted molar refractivity (Wildman–Crippen MR) is 122 cm³/mol. The molecular weight excluding hydrogens is 336 g/mol. The van der Waals surface area contributed by atoms with E-state index in [1.54, 1.807) is 22.3 Å². The van der Waals surface area contributed by atoms with Crippen molar-refractivity contribution in [2.75, 3.05) is 0 Å². The van der Waals surface area contributed by atoms with Crippen molar-refractivity contribution in [3.05, 3.63) is 106 Å². The standard InChI is InChI=1S/C28H32/c1-5-11-19(4)26-18-22-17-16-21-12-8-9-13-24(21)27(22)25-15-10-14-23(28(25)26)20(6-2)7-3/h5-6,8,10-12,14-15,18,25,28H,1,7,9,13,16-17H2,2-4H3. The second-order valence-corrected chi connectivity index (χ2v) is 8.25. The lowest BCUT2D eigenvalue weighted by molar-refractivity contribution is 0.551. The molecule has 144 valence electrons. The highest BCUT2D eigenvalue weighted by atomic mass is 14.4. The Balaban J connectivity index is 1.91. The maximum absolute atomic E-state index is 3.95. The zero-order valence-electron chi connectivity index (χ0n) is 17.6. The first-order valence-corrected chi connectivity index (χ1v) is 10.9. The fourth-order valence-electron chi connectivity index (χ4n) is 5.52. The third-order valence-corrected chi connectivity index (χ3v) is 6.81. The molecule has 0 aromatic carbocycles. The van der Waals surface area contributed by atoms with E-state index in [0.717, 1.165) is 6.42 Å². The van der Waals surface area contributed by atoms with Gasteiger partial charge in [0.05, 0.1) is 0 Å². The fourth-order valence-corrected chi connectivity index (χ4v) is 5.52. The number of allylic oxidation sites excluding steroid dienone is 17. The van der Waals surface area contributed by atoms with E-state index in [1.807, 2.05) is 6.08 Å². The summed E-state index contributed by atoms with van der Waals surface area (Å²) in [5.41, 5.74) is 12.3. The minimum Gasteiger partial charge on any atom is -0.0991 e. The summed E-state index contributed by atoms with van der Waals surface area (Å²) >= 11 is 0. The van der Waals surface area contributed by atoms with Crippen molar-refractivity contribution in [3.8, 4) is 0 Å². The van der Waals surface area contributed by atoms with Gasteiger partial charge in [0.2, 0.25) is 0 Å². The van der Waals surface area contributed by atoms with E-state index in [9.17, 15) is 0 Å². The van der Waals surface area contributed by atoms with Gasteiger partial charge < -0.3 is 0 Å². The fraction of sp³-hybridized carbons (Fsp3) is 0.357. The Morgan fingerprint density at radius 2 is 2.00 bits per heavy atom. The van der Waals surface area contributed by atoms with E-state index in [4.69, 9.17) is 0 Å². The van der Waals surface area contributed by atoms with Gasteiger partial charge in [-0.25, -0.2) is 0 Å². The first-order chi connectivity index (χ1) is 13.7. The van der Waals surface area contributed by atoms with Gasteiger partial charge in [0, 0.05) is 11.8 Å². The van der Waals surface area contributed by atoms with E-state index in [2.05, 4.69) is 76.0 Å². The lowest BCUT2D eigenvalue weighted by atomic mass is 9.62. The van der Waals surface area contributed by atoms with Gasteiger partial charge in [0.1, 0.15) is 0 Å². The van der Waals surface area contributed by atoms with Gasteiger partial charge in [0.15, 0.2) is 0 Å². The summed E-state index contributed by atoms with van der Waals surface area (Å²) in [6.07, 6.45) is 26.7. The van der Waals surface area contributed by atoms with Crippen LogP contribution in [0.2, 0.25) is 0 Å². The van der Waals surface area contributed by atoms with E-state index in [0.29, 0.717) is 11.8 Å². The molecule has 0 spiro atoms. The average molecular weight is 369 g/mol. The molecule has 0 saturated heterocycles. The molecule has 0 aromatic rings. The number of hydrogen-bond acceptors (Lipinski definition) is 0. The Hall–Kier alpha value is -2.34. The summed E-state index contributed by atoms with van der Waals surface area (Å²) in [4.78, 5) is 0. The number of fused-ring (bicyclic) bond motifs is 3. The molecule has 4 rings (SSSR count). The van der Waals surface area contributed by atoms with Crippen molar-refractivity contribution >= 4 is 0 Å². The zero-order chi connectivity index (χ0) is 19.7. The average Bonchev–Trinajstić information content (AvgIpc) is 2.73. The largest absolute Gasteiger partial charge is 0.0991 e. The molecule has 0 fully saturated rings. The predicted octanol–water partition coefficient (Wildman–Crippen LogP) is 7.88. The quantitative estimate of drug-likeness (QED) is 0.443. The van der Waals surface area contributed by atoms with Crippen LogP contribution in [-0.4, -0.2) is 0 Å². The van der Waals surface area contributed by atoms with E-state index in [1.165, 1.54) is 48.0 Å². The number of hydrogen-bond donors (Lipinski definition) is 0. The molecule has 4 aliphatic carbocycles. The molecule has 0 heteroatoms. The smallest absolute Gasteiger partial charge is 0.0198 e. The van der Waals surface area contributed by atoms with Crippen LogP contribution in [-0.2, 0) is 0 Å². The Morgan fingerprint density at radius 3 is 2.75 bits per heavy atom. The van der Waals surface area contributed by atoms with Crippen molar-refractivity contribution in [1.29, 1.82) is 0 Å². The Bertz CT molecular complexity index is 931. The van der Waals surface area contributed by atoms with Crippen LogP contribution >= 0.6 is 0 Å². The van der Waals surface area contributed by atoms with Gasteiger partial charge in [-0.1, -0.05) is 68.2 Å². The highest BCUT2D eigenvalue weighted by Crippen LogP contribution is 2.52. The molecule has 2 atom stereocenters. The first-order valence-electron chi connectivity index (χ1n) is 10.9. The second kappa shape index (κ2) is 7.95. The van der Waals surface area contributed by atoms with Crippen LogP contribution in [0.1, 0.15) is 52.9 Å². The molecule has 0 amide bonds. The maximum atomic E-state index is 3.95. The highest BCUT2D eigenvalue weighted by Gasteiger charge is 2.39. The summed E-state index contributed by atoms with van der Waals surface area (Å²) in [7, 11) is 0. The van der Waals surface area contributed by atoms with Crippen LogP contribution in [0.3, 0.4) is 0 Å². The molecule has 0 heterocycles. The first kappa shape index (κ1) is 19.0. The molecule has 0 saturated carbocycles. The zero-order valence-corrected chi connectivity index (χ0v) is 17.6. The second-order valence-electron chi connectivity index (χ2n) is 8.25. The van der Waals surface area contributed by atoms with E-state index < -0.39 is 0 Å². The lowest BCUT2D eigenvalue weighted by Crippen LogP contribution is -2.29. The van der Waals surface area contributed by atoms with Crippen LogP contribution in [0.4, 0.5) is 0 Å². The van der Waals surface area contributed by atoms with E-state index >= 15 is 0 Å². The van der Waals surface area contributed by atoms with Crippen molar-refractivity contribution in [2.24, 2.45) is 11.8 Å². The van der Waals surface area contributed by atoms with Crippen LogP contribution in [0.5, 0.6) is 0 Å². The van der Waals surface area contributed by atoms with Crippen LogP contribution in [0, 0.1) is 11.8 Å². The van der Waals surface area contributed by atoms with Gasteiger partial charge in [-0.3, -0.25) is 0 Å². The molecule has 0 aromatic heterocycles. The maximum Gasteiger partial charge on any atom is 0.0198 e. The summed E-state index contributed by atoms with van der Waals surface area (Å²) < 4.78 is 0. The van der Waals surface area contributed by atoms with Crippen molar-refractivity contribution in [1.82, 2.24) is 0 Å². The lowest BCUT2D eigenvalue weighted by Gasteiger charge is -2.42. The molecule has 0 bridgehead atoms.